The van der Waals surface area contributed by atoms with Crippen molar-refractivity contribution in [2.45, 2.75) is 40.3 Å². The Hall–Kier alpha value is -3.47. The Balaban J connectivity index is 2.00. The van der Waals surface area contributed by atoms with Crippen LogP contribution in [0.5, 0.6) is 5.75 Å². The molecule has 0 fully saturated rings. The molecular formula is C26H28N2O3. The van der Waals surface area contributed by atoms with Gasteiger partial charge in [0.05, 0.1) is 6.20 Å². The minimum atomic E-state index is -0.804. The van der Waals surface area contributed by atoms with E-state index in [1.165, 1.54) is 6.20 Å². The summed E-state index contributed by atoms with van der Waals surface area (Å²) < 4.78 is 5.63. The number of ether oxygens (including phenoxy) is 1. The molecule has 3 aromatic rings. The lowest BCUT2D eigenvalue weighted by Gasteiger charge is -2.38. The third kappa shape index (κ3) is 5.79. The van der Waals surface area contributed by atoms with E-state index in [1.807, 2.05) is 70.2 Å². The van der Waals surface area contributed by atoms with Gasteiger partial charge in [0.25, 0.3) is 5.91 Å². The molecular weight excluding hydrogens is 388 g/mol. The number of pyridine rings is 1. The second-order valence-electron chi connectivity index (χ2n) is 8.66. The number of hydrogen-bond acceptors (Lipinski definition) is 4. The predicted octanol–water partition coefficient (Wildman–Crippen LogP) is 5.05. The molecule has 3 rings (SSSR count). The lowest BCUT2D eigenvalue weighted by atomic mass is 9.85. The van der Waals surface area contributed by atoms with Crippen LogP contribution in [0.15, 0.2) is 79.1 Å². The summed E-state index contributed by atoms with van der Waals surface area (Å²) in [5.41, 5.74) is 1.97. The van der Waals surface area contributed by atoms with E-state index >= 15 is 0 Å². The molecule has 0 spiro atoms. The molecule has 160 valence electrons. The van der Waals surface area contributed by atoms with Gasteiger partial charge in [0.2, 0.25) is 0 Å². The van der Waals surface area contributed by atoms with Gasteiger partial charge in [-0.2, -0.15) is 0 Å². The van der Waals surface area contributed by atoms with Crippen LogP contribution in [-0.4, -0.2) is 27.8 Å². The molecule has 5 nitrogen and oxygen atoms in total. The first kappa shape index (κ1) is 22.2. The molecule has 5 heteroatoms. The SMILES string of the molecule is Cc1ccc(C(=O)N(Cc2ccccc2)C(C(=O)Oc2cccnc2)C(C)(C)C)cc1. The Morgan fingerprint density at radius 3 is 2.23 bits per heavy atom. The standard InChI is InChI=1S/C26H28N2O3/c1-19-12-14-21(15-13-19)24(29)28(18-20-9-6-5-7-10-20)23(26(2,3)4)25(30)31-22-11-8-16-27-17-22/h5-17,23H,18H2,1-4H3. The molecule has 0 saturated carbocycles. The maximum atomic E-state index is 13.6. The van der Waals surface area contributed by atoms with Gasteiger partial charge in [0.15, 0.2) is 0 Å². The quantitative estimate of drug-likeness (QED) is 0.528. The first-order valence-electron chi connectivity index (χ1n) is 10.3. The summed E-state index contributed by atoms with van der Waals surface area (Å²) in [5.74, 6) is -0.354. The number of aromatic nitrogens is 1. The molecule has 1 aromatic heterocycles. The predicted molar refractivity (Wildman–Crippen MR) is 121 cm³/mol. The van der Waals surface area contributed by atoms with Crippen LogP contribution in [0.4, 0.5) is 0 Å². The van der Waals surface area contributed by atoms with Crippen molar-refractivity contribution in [3.05, 3.63) is 95.8 Å². The summed E-state index contributed by atoms with van der Waals surface area (Å²) in [6.07, 6.45) is 3.10. The number of carbonyl (C=O) groups is 2. The van der Waals surface area contributed by atoms with Gasteiger partial charge in [-0.05, 0) is 42.2 Å². The van der Waals surface area contributed by atoms with E-state index in [2.05, 4.69) is 4.98 Å². The highest BCUT2D eigenvalue weighted by molar-refractivity contribution is 5.97. The van der Waals surface area contributed by atoms with Crippen molar-refractivity contribution >= 4 is 11.9 Å². The zero-order valence-corrected chi connectivity index (χ0v) is 18.4. The molecule has 0 bridgehead atoms. The van der Waals surface area contributed by atoms with Gasteiger partial charge in [0.1, 0.15) is 11.8 Å². The molecule has 0 saturated heterocycles. The van der Waals surface area contributed by atoms with Crippen molar-refractivity contribution in [1.82, 2.24) is 9.88 Å². The Bertz CT molecular complexity index is 1010. The van der Waals surface area contributed by atoms with E-state index in [1.54, 1.807) is 35.4 Å². The topological polar surface area (TPSA) is 59.5 Å². The molecule has 0 N–H and O–H groups in total. The van der Waals surface area contributed by atoms with Gasteiger partial charge in [0, 0.05) is 18.3 Å². The third-order valence-corrected chi connectivity index (χ3v) is 4.96. The zero-order valence-electron chi connectivity index (χ0n) is 18.4. The average molecular weight is 417 g/mol. The van der Waals surface area contributed by atoms with Crippen LogP contribution in [0.3, 0.4) is 0 Å². The average Bonchev–Trinajstić information content (AvgIpc) is 2.74. The van der Waals surface area contributed by atoms with Gasteiger partial charge in [-0.25, -0.2) is 4.79 Å². The van der Waals surface area contributed by atoms with Crippen LogP contribution >= 0.6 is 0 Å². The van der Waals surface area contributed by atoms with Crippen LogP contribution in [0, 0.1) is 12.3 Å². The monoisotopic (exact) mass is 416 g/mol. The zero-order chi connectivity index (χ0) is 22.4. The molecule has 1 amide bonds. The van der Waals surface area contributed by atoms with E-state index in [4.69, 9.17) is 4.74 Å². The number of benzene rings is 2. The Kier molecular flexibility index (Phi) is 6.85. The number of rotatable bonds is 6. The van der Waals surface area contributed by atoms with E-state index in [0.29, 0.717) is 11.3 Å². The number of aryl methyl sites for hydroxylation is 1. The summed E-state index contributed by atoms with van der Waals surface area (Å²) in [6.45, 7) is 8.06. The van der Waals surface area contributed by atoms with E-state index in [9.17, 15) is 9.59 Å². The summed E-state index contributed by atoms with van der Waals surface area (Å²) in [7, 11) is 0. The third-order valence-electron chi connectivity index (χ3n) is 4.96. The van der Waals surface area contributed by atoms with Crippen molar-refractivity contribution in [2.75, 3.05) is 0 Å². The molecule has 0 aliphatic heterocycles. The van der Waals surface area contributed by atoms with Gasteiger partial charge in [-0.15, -0.1) is 0 Å². The molecule has 31 heavy (non-hydrogen) atoms. The fourth-order valence-corrected chi connectivity index (χ4v) is 3.45. The first-order valence-corrected chi connectivity index (χ1v) is 10.3. The highest BCUT2D eigenvalue weighted by Crippen LogP contribution is 2.29. The number of amides is 1. The Morgan fingerprint density at radius 2 is 1.65 bits per heavy atom. The normalized spacial score (nSPS) is 12.1. The Labute approximate surface area is 183 Å². The number of esters is 1. The van der Waals surface area contributed by atoms with Crippen LogP contribution in [0.2, 0.25) is 0 Å². The molecule has 1 atom stereocenters. The lowest BCUT2D eigenvalue weighted by molar-refractivity contribution is -0.143. The van der Waals surface area contributed by atoms with Gasteiger partial charge in [-0.3, -0.25) is 9.78 Å². The maximum Gasteiger partial charge on any atom is 0.334 e. The van der Waals surface area contributed by atoms with Gasteiger partial charge >= 0.3 is 5.97 Å². The molecule has 2 aromatic carbocycles. The van der Waals surface area contributed by atoms with Crippen molar-refractivity contribution in [3.8, 4) is 5.75 Å². The summed E-state index contributed by atoms with van der Waals surface area (Å²) in [6, 6.07) is 19.6. The first-order chi connectivity index (χ1) is 14.8. The largest absolute Gasteiger partial charge is 0.423 e. The fraction of sp³-hybridized carbons (Fsp3) is 0.269. The minimum absolute atomic E-state index is 0.216. The molecule has 0 aliphatic rings. The van der Waals surface area contributed by atoms with Crippen molar-refractivity contribution in [3.63, 3.8) is 0 Å². The van der Waals surface area contributed by atoms with E-state index in [-0.39, 0.29) is 12.5 Å². The second kappa shape index (κ2) is 9.56. The van der Waals surface area contributed by atoms with Crippen molar-refractivity contribution in [1.29, 1.82) is 0 Å². The maximum absolute atomic E-state index is 13.6. The summed E-state index contributed by atoms with van der Waals surface area (Å²) in [5, 5.41) is 0. The minimum Gasteiger partial charge on any atom is -0.423 e. The van der Waals surface area contributed by atoms with Crippen LogP contribution in [-0.2, 0) is 11.3 Å². The van der Waals surface area contributed by atoms with E-state index in [0.717, 1.165) is 11.1 Å². The van der Waals surface area contributed by atoms with Crippen LogP contribution in [0.1, 0.15) is 42.3 Å². The van der Waals surface area contributed by atoms with Crippen molar-refractivity contribution < 1.29 is 14.3 Å². The molecule has 0 aliphatic carbocycles. The van der Waals surface area contributed by atoms with Crippen LogP contribution < -0.4 is 4.74 Å². The smallest absolute Gasteiger partial charge is 0.334 e. The highest BCUT2D eigenvalue weighted by atomic mass is 16.5. The van der Waals surface area contributed by atoms with Crippen molar-refractivity contribution in [2.24, 2.45) is 5.41 Å². The van der Waals surface area contributed by atoms with E-state index < -0.39 is 17.4 Å². The fourth-order valence-electron chi connectivity index (χ4n) is 3.45. The van der Waals surface area contributed by atoms with Gasteiger partial charge < -0.3 is 9.64 Å². The lowest BCUT2D eigenvalue weighted by Crippen LogP contribution is -2.53. The second-order valence-corrected chi connectivity index (χ2v) is 8.66. The molecule has 1 heterocycles. The molecule has 0 radical (unpaired) electrons. The highest BCUT2D eigenvalue weighted by Gasteiger charge is 2.41. The van der Waals surface area contributed by atoms with Crippen LogP contribution in [0.25, 0.3) is 0 Å². The summed E-state index contributed by atoms with van der Waals surface area (Å²) >= 11 is 0. The number of carbonyl (C=O) groups excluding carboxylic acids is 2. The molecule has 1 unspecified atom stereocenters. The Morgan fingerprint density at radius 1 is 0.968 bits per heavy atom. The number of nitrogens with zero attached hydrogens (tertiary/aromatic N) is 2. The number of hydrogen-bond donors (Lipinski definition) is 0. The van der Waals surface area contributed by atoms with Gasteiger partial charge in [-0.1, -0.05) is 68.8 Å². The summed E-state index contributed by atoms with van der Waals surface area (Å²) in [4.78, 5) is 32.6.